The molecule has 0 aromatic rings. The summed E-state index contributed by atoms with van der Waals surface area (Å²) in [6.07, 6.45) is 6.77. The largest absolute Gasteiger partial charge is 0.392 e. The minimum Gasteiger partial charge on any atom is -0.392 e. The lowest BCUT2D eigenvalue weighted by Gasteiger charge is -2.21. The summed E-state index contributed by atoms with van der Waals surface area (Å²) >= 11 is 0. The first-order valence-electron chi connectivity index (χ1n) is 4.42. The minimum atomic E-state index is -0.0258. The van der Waals surface area contributed by atoms with Gasteiger partial charge in [-0.15, -0.1) is 0 Å². The van der Waals surface area contributed by atoms with Gasteiger partial charge in [-0.3, -0.25) is 0 Å². The molecule has 0 aromatic heterocycles. The third-order valence-corrected chi connectivity index (χ3v) is 1.79. The van der Waals surface area contributed by atoms with Gasteiger partial charge in [0.15, 0.2) is 6.29 Å². The van der Waals surface area contributed by atoms with Gasteiger partial charge < -0.3 is 14.6 Å². The van der Waals surface area contributed by atoms with Gasteiger partial charge in [-0.05, 0) is 19.3 Å². The average molecular weight is 172 g/mol. The van der Waals surface area contributed by atoms with E-state index in [0.29, 0.717) is 6.61 Å². The zero-order valence-corrected chi connectivity index (χ0v) is 7.24. The molecule has 0 amide bonds. The Hall–Kier alpha value is -0.380. The Morgan fingerprint density at radius 1 is 1.42 bits per heavy atom. The third-order valence-electron chi connectivity index (χ3n) is 1.79. The molecule has 1 saturated heterocycles. The molecule has 0 aliphatic carbocycles. The van der Waals surface area contributed by atoms with Gasteiger partial charge in [-0.2, -0.15) is 0 Å². The van der Waals surface area contributed by atoms with Crippen molar-refractivity contribution in [2.24, 2.45) is 0 Å². The van der Waals surface area contributed by atoms with Gasteiger partial charge in [-0.25, -0.2) is 0 Å². The normalized spacial score (nSPS) is 24.9. The minimum absolute atomic E-state index is 0.0258. The van der Waals surface area contributed by atoms with Crippen LogP contribution in [0.1, 0.15) is 19.3 Å². The third kappa shape index (κ3) is 3.85. The SMILES string of the molecule is OC/C=C/CO[C@@H]1CCCCO1. The molecule has 0 spiro atoms. The molecule has 0 aromatic carbocycles. The lowest BCUT2D eigenvalue weighted by Crippen LogP contribution is -2.22. The molecule has 1 aliphatic rings. The van der Waals surface area contributed by atoms with Crippen LogP contribution in [0.15, 0.2) is 12.2 Å². The van der Waals surface area contributed by atoms with E-state index in [4.69, 9.17) is 14.6 Å². The Morgan fingerprint density at radius 3 is 3.00 bits per heavy atom. The number of hydrogen-bond donors (Lipinski definition) is 1. The van der Waals surface area contributed by atoms with Gasteiger partial charge in [-0.1, -0.05) is 12.2 Å². The topological polar surface area (TPSA) is 38.7 Å². The molecule has 1 N–H and O–H groups in total. The highest BCUT2D eigenvalue weighted by molar-refractivity contribution is 4.80. The second kappa shape index (κ2) is 6.17. The summed E-state index contributed by atoms with van der Waals surface area (Å²) in [6, 6.07) is 0. The zero-order valence-electron chi connectivity index (χ0n) is 7.24. The van der Waals surface area contributed by atoms with E-state index < -0.39 is 0 Å². The highest BCUT2D eigenvalue weighted by atomic mass is 16.7. The lowest BCUT2D eigenvalue weighted by molar-refractivity contribution is -0.155. The Morgan fingerprint density at radius 2 is 2.33 bits per heavy atom. The van der Waals surface area contributed by atoms with Gasteiger partial charge in [0.05, 0.1) is 13.2 Å². The molecule has 3 nitrogen and oxygen atoms in total. The quantitative estimate of drug-likeness (QED) is 0.645. The average Bonchev–Trinajstić information content (AvgIpc) is 2.14. The van der Waals surface area contributed by atoms with Crippen LogP contribution in [0.2, 0.25) is 0 Å². The van der Waals surface area contributed by atoms with Crippen molar-refractivity contribution in [3.05, 3.63) is 12.2 Å². The molecule has 70 valence electrons. The number of aliphatic hydroxyl groups is 1. The Bertz CT molecular complexity index is 128. The van der Waals surface area contributed by atoms with E-state index in [-0.39, 0.29) is 12.9 Å². The molecule has 1 rings (SSSR count). The van der Waals surface area contributed by atoms with Crippen LogP contribution in [0.3, 0.4) is 0 Å². The summed E-state index contributed by atoms with van der Waals surface area (Å²) < 4.78 is 10.7. The predicted molar refractivity (Wildman–Crippen MR) is 45.8 cm³/mol. The van der Waals surface area contributed by atoms with E-state index >= 15 is 0 Å². The molecule has 0 unspecified atom stereocenters. The van der Waals surface area contributed by atoms with Crippen LogP contribution in [0.25, 0.3) is 0 Å². The Balaban J connectivity index is 2.01. The van der Waals surface area contributed by atoms with Gasteiger partial charge in [0.2, 0.25) is 0 Å². The second-order valence-corrected chi connectivity index (χ2v) is 2.78. The van der Waals surface area contributed by atoms with Crippen molar-refractivity contribution in [3.8, 4) is 0 Å². The first-order chi connectivity index (χ1) is 5.93. The molecule has 1 atom stereocenters. The van der Waals surface area contributed by atoms with E-state index in [1.54, 1.807) is 12.2 Å². The van der Waals surface area contributed by atoms with Crippen molar-refractivity contribution < 1.29 is 14.6 Å². The van der Waals surface area contributed by atoms with Crippen LogP contribution in [-0.2, 0) is 9.47 Å². The number of aliphatic hydroxyl groups excluding tert-OH is 1. The fourth-order valence-corrected chi connectivity index (χ4v) is 1.15. The fraction of sp³-hybridized carbons (Fsp3) is 0.778. The lowest BCUT2D eigenvalue weighted by atomic mass is 10.2. The van der Waals surface area contributed by atoms with Crippen LogP contribution in [-0.4, -0.2) is 31.2 Å². The highest BCUT2D eigenvalue weighted by Gasteiger charge is 2.12. The maximum absolute atomic E-state index is 8.43. The van der Waals surface area contributed by atoms with Crippen LogP contribution in [0, 0.1) is 0 Å². The van der Waals surface area contributed by atoms with Crippen molar-refractivity contribution in [1.82, 2.24) is 0 Å². The first kappa shape index (κ1) is 9.71. The molecule has 1 fully saturated rings. The zero-order chi connectivity index (χ0) is 8.65. The van der Waals surface area contributed by atoms with Crippen LogP contribution < -0.4 is 0 Å². The smallest absolute Gasteiger partial charge is 0.157 e. The monoisotopic (exact) mass is 172 g/mol. The van der Waals surface area contributed by atoms with Crippen LogP contribution >= 0.6 is 0 Å². The Kier molecular flexibility index (Phi) is 4.99. The maximum atomic E-state index is 8.43. The van der Waals surface area contributed by atoms with E-state index in [2.05, 4.69) is 0 Å². The van der Waals surface area contributed by atoms with E-state index in [1.807, 2.05) is 0 Å². The summed E-state index contributed by atoms with van der Waals surface area (Å²) in [6.45, 7) is 1.43. The summed E-state index contributed by atoms with van der Waals surface area (Å²) in [5, 5.41) is 8.43. The van der Waals surface area contributed by atoms with Crippen molar-refractivity contribution >= 4 is 0 Å². The molecule has 12 heavy (non-hydrogen) atoms. The van der Waals surface area contributed by atoms with Gasteiger partial charge >= 0.3 is 0 Å². The summed E-state index contributed by atoms with van der Waals surface area (Å²) in [5.74, 6) is 0. The molecule has 1 heterocycles. The van der Waals surface area contributed by atoms with Crippen molar-refractivity contribution in [2.75, 3.05) is 19.8 Å². The fourth-order valence-electron chi connectivity index (χ4n) is 1.15. The van der Waals surface area contributed by atoms with E-state index in [0.717, 1.165) is 19.4 Å². The second-order valence-electron chi connectivity index (χ2n) is 2.78. The van der Waals surface area contributed by atoms with Crippen LogP contribution in [0.4, 0.5) is 0 Å². The van der Waals surface area contributed by atoms with E-state index in [9.17, 15) is 0 Å². The van der Waals surface area contributed by atoms with Crippen molar-refractivity contribution in [2.45, 2.75) is 25.6 Å². The standard InChI is InChI=1S/C9H16O3/c10-6-2-4-8-12-9-5-1-3-7-11-9/h2,4,9-10H,1,3,5-8H2/b4-2+/t9-/m1/s1. The van der Waals surface area contributed by atoms with Crippen LogP contribution in [0.5, 0.6) is 0 Å². The van der Waals surface area contributed by atoms with Gasteiger partial charge in [0.1, 0.15) is 0 Å². The first-order valence-corrected chi connectivity index (χ1v) is 4.42. The number of rotatable bonds is 4. The summed E-state index contributed by atoms with van der Waals surface area (Å²) in [7, 11) is 0. The molecule has 0 radical (unpaired) electrons. The summed E-state index contributed by atoms with van der Waals surface area (Å²) in [5.41, 5.74) is 0. The van der Waals surface area contributed by atoms with E-state index in [1.165, 1.54) is 6.42 Å². The van der Waals surface area contributed by atoms with Gasteiger partial charge in [0.25, 0.3) is 0 Å². The van der Waals surface area contributed by atoms with Crippen molar-refractivity contribution in [1.29, 1.82) is 0 Å². The maximum Gasteiger partial charge on any atom is 0.157 e. The highest BCUT2D eigenvalue weighted by Crippen LogP contribution is 2.13. The molecule has 0 bridgehead atoms. The molecular formula is C9H16O3. The molecule has 1 aliphatic heterocycles. The molecule has 3 heteroatoms. The van der Waals surface area contributed by atoms with Crippen molar-refractivity contribution in [3.63, 3.8) is 0 Å². The van der Waals surface area contributed by atoms with Gasteiger partial charge in [0, 0.05) is 6.61 Å². The Labute approximate surface area is 73.0 Å². The predicted octanol–water partition coefficient (Wildman–Crippen LogP) is 1.08. The molecular weight excluding hydrogens is 156 g/mol. The summed E-state index contributed by atoms with van der Waals surface area (Å²) in [4.78, 5) is 0. The number of ether oxygens (including phenoxy) is 2. The molecule has 0 saturated carbocycles. The number of hydrogen-bond acceptors (Lipinski definition) is 3.